The first-order valence-electron chi connectivity index (χ1n) is 9.33. The molecule has 0 fully saturated rings. The largest absolute Gasteiger partial charge is 0.491 e. The van der Waals surface area contributed by atoms with Gasteiger partial charge in [-0.05, 0) is 62.6 Å². The molecule has 0 saturated heterocycles. The molecular formula is C22H26N4O. The zero-order valence-electron chi connectivity index (χ0n) is 15.9. The summed E-state index contributed by atoms with van der Waals surface area (Å²) in [4.78, 5) is 8.81. The van der Waals surface area contributed by atoms with Gasteiger partial charge in [0.05, 0.1) is 6.10 Å². The van der Waals surface area contributed by atoms with E-state index >= 15 is 0 Å². The number of aryl methyl sites for hydroxylation is 1. The van der Waals surface area contributed by atoms with Gasteiger partial charge in [0.1, 0.15) is 11.6 Å². The summed E-state index contributed by atoms with van der Waals surface area (Å²) < 4.78 is 5.66. The molecule has 2 N–H and O–H groups in total. The maximum absolute atomic E-state index is 5.66. The van der Waals surface area contributed by atoms with Gasteiger partial charge < -0.3 is 15.4 Å². The van der Waals surface area contributed by atoms with E-state index in [0.717, 1.165) is 36.6 Å². The third-order valence-electron chi connectivity index (χ3n) is 3.92. The van der Waals surface area contributed by atoms with Crippen LogP contribution in [-0.2, 0) is 6.42 Å². The minimum atomic E-state index is 0.168. The smallest absolute Gasteiger partial charge is 0.224 e. The van der Waals surface area contributed by atoms with E-state index in [4.69, 9.17) is 4.74 Å². The minimum absolute atomic E-state index is 0.168. The van der Waals surface area contributed by atoms with Gasteiger partial charge in [-0.3, -0.25) is 0 Å². The van der Waals surface area contributed by atoms with Crippen LogP contribution >= 0.6 is 0 Å². The molecule has 140 valence electrons. The lowest BCUT2D eigenvalue weighted by Crippen LogP contribution is -2.07. The molecule has 1 aromatic heterocycles. The van der Waals surface area contributed by atoms with Crippen LogP contribution < -0.4 is 15.4 Å². The first-order chi connectivity index (χ1) is 13.2. The number of aromatic nitrogens is 2. The summed E-state index contributed by atoms with van der Waals surface area (Å²) in [7, 11) is 0. The van der Waals surface area contributed by atoms with E-state index in [1.165, 1.54) is 5.56 Å². The van der Waals surface area contributed by atoms with Crippen molar-refractivity contribution in [3.8, 4) is 5.75 Å². The van der Waals surface area contributed by atoms with Gasteiger partial charge in [-0.15, -0.1) is 0 Å². The van der Waals surface area contributed by atoms with E-state index in [2.05, 4.69) is 44.9 Å². The Kier molecular flexibility index (Phi) is 6.63. The van der Waals surface area contributed by atoms with Crippen LogP contribution in [0.3, 0.4) is 0 Å². The molecule has 0 bridgehead atoms. The van der Waals surface area contributed by atoms with Crippen molar-refractivity contribution >= 4 is 17.5 Å². The molecule has 0 unspecified atom stereocenters. The fourth-order valence-electron chi connectivity index (χ4n) is 2.69. The average molecular weight is 362 g/mol. The zero-order chi connectivity index (χ0) is 18.9. The number of hydrogen-bond acceptors (Lipinski definition) is 5. The molecule has 3 aromatic rings. The van der Waals surface area contributed by atoms with Crippen LogP contribution in [0.1, 0.15) is 25.8 Å². The number of nitrogens with zero attached hydrogens (tertiary/aromatic N) is 2. The van der Waals surface area contributed by atoms with Crippen LogP contribution in [0.2, 0.25) is 0 Å². The molecule has 5 heteroatoms. The Labute approximate surface area is 160 Å². The summed E-state index contributed by atoms with van der Waals surface area (Å²) in [5, 5.41) is 6.58. The van der Waals surface area contributed by atoms with Crippen molar-refractivity contribution in [2.45, 2.75) is 32.8 Å². The van der Waals surface area contributed by atoms with E-state index in [-0.39, 0.29) is 6.10 Å². The highest BCUT2D eigenvalue weighted by atomic mass is 16.5. The lowest BCUT2D eigenvalue weighted by atomic mass is 10.1. The lowest BCUT2D eigenvalue weighted by molar-refractivity contribution is 0.242. The van der Waals surface area contributed by atoms with Crippen LogP contribution in [0.25, 0.3) is 0 Å². The highest BCUT2D eigenvalue weighted by Gasteiger charge is 2.02. The molecule has 0 saturated carbocycles. The van der Waals surface area contributed by atoms with Crippen molar-refractivity contribution < 1.29 is 4.74 Å². The van der Waals surface area contributed by atoms with E-state index in [1.54, 1.807) is 6.20 Å². The van der Waals surface area contributed by atoms with Crippen molar-refractivity contribution in [2.24, 2.45) is 0 Å². The van der Waals surface area contributed by atoms with Crippen LogP contribution in [0.15, 0.2) is 66.9 Å². The maximum Gasteiger partial charge on any atom is 0.224 e. The summed E-state index contributed by atoms with van der Waals surface area (Å²) in [6.07, 6.45) is 3.99. The Morgan fingerprint density at radius 1 is 0.963 bits per heavy atom. The van der Waals surface area contributed by atoms with E-state index in [9.17, 15) is 0 Å². The molecule has 0 aliphatic carbocycles. The SMILES string of the molecule is CC(C)Oc1ccc(Nc2ccnc(NCCCc3ccccc3)n2)cc1. The van der Waals surface area contributed by atoms with Crippen LogP contribution in [-0.4, -0.2) is 22.6 Å². The van der Waals surface area contributed by atoms with Gasteiger partial charge in [0.2, 0.25) is 5.95 Å². The fourth-order valence-corrected chi connectivity index (χ4v) is 2.69. The van der Waals surface area contributed by atoms with Gasteiger partial charge >= 0.3 is 0 Å². The van der Waals surface area contributed by atoms with Gasteiger partial charge in [-0.1, -0.05) is 30.3 Å². The number of hydrogen-bond donors (Lipinski definition) is 2. The van der Waals surface area contributed by atoms with Gasteiger partial charge in [0, 0.05) is 18.4 Å². The standard InChI is InChI=1S/C22H26N4O/c1-17(2)27-20-12-10-19(11-13-20)25-21-14-16-24-22(26-21)23-15-6-9-18-7-4-3-5-8-18/h3-5,7-8,10-14,16-17H,6,9,15H2,1-2H3,(H2,23,24,25,26). The predicted molar refractivity (Wildman–Crippen MR) is 111 cm³/mol. The van der Waals surface area contributed by atoms with Gasteiger partial charge in [0.15, 0.2) is 0 Å². The molecule has 0 atom stereocenters. The molecular weight excluding hydrogens is 336 g/mol. The first-order valence-corrected chi connectivity index (χ1v) is 9.33. The maximum atomic E-state index is 5.66. The molecule has 0 spiro atoms. The Hall–Kier alpha value is -3.08. The second-order valence-electron chi connectivity index (χ2n) is 6.60. The number of rotatable bonds is 9. The second kappa shape index (κ2) is 9.57. The molecule has 0 aliphatic rings. The summed E-state index contributed by atoms with van der Waals surface area (Å²) in [6.45, 7) is 4.86. The fraction of sp³-hybridized carbons (Fsp3) is 0.273. The molecule has 5 nitrogen and oxygen atoms in total. The molecule has 0 amide bonds. The number of ether oxygens (including phenoxy) is 1. The highest BCUT2D eigenvalue weighted by Crippen LogP contribution is 2.20. The third-order valence-corrected chi connectivity index (χ3v) is 3.92. The number of anilines is 3. The number of nitrogens with one attached hydrogen (secondary N) is 2. The Morgan fingerprint density at radius 2 is 1.74 bits per heavy atom. The quantitative estimate of drug-likeness (QED) is 0.522. The first kappa shape index (κ1) is 18.7. The topological polar surface area (TPSA) is 59.1 Å². The summed E-state index contributed by atoms with van der Waals surface area (Å²) >= 11 is 0. The average Bonchev–Trinajstić information content (AvgIpc) is 2.68. The van der Waals surface area contributed by atoms with Crippen molar-refractivity contribution in [3.05, 3.63) is 72.4 Å². The van der Waals surface area contributed by atoms with Gasteiger partial charge in [-0.25, -0.2) is 4.98 Å². The van der Waals surface area contributed by atoms with Gasteiger partial charge in [0.25, 0.3) is 0 Å². The Balaban J connectivity index is 1.49. The lowest BCUT2D eigenvalue weighted by Gasteiger charge is -2.11. The van der Waals surface area contributed by atoms with Crippen molar-refractivity contribution in [3.63, 3.8) is 0 Å². The van der Waals surface area contributed by atoms with Crippen molar-refractivity contribution in [2.75, 3.05) is 17.2 Å². The Bertz CT molecular complexity index is 819. The molecule has 2 aromatic carbocycles. The summed E-state index contributed by atoms with van der Waals surface area (Å²) in [6, 6.07) is 20.2. The van der Waals surface area contributed by atoms with Crippen LogP contribution in [0, 0.1) is 0 Å². The molecule has 0 aliphatic heterocycles. The van der Waals surface area contributed by atoms with E-state index in [1.807, 2.05) is 50.2 Å². The normalized spacial score (nSPS) is 10.6. The minimum Gasteiger partial charge on any atom is -0.491 e. The second-order valence-corrected chi connectivity index (χ2v) is 6.60. The highest BCUT2D eigenvalue weighted by molar-refractivity contribution is 5.57. The summed E-state index contributed by atoms with van der Waals surface area (Å²) in [5.74, 6) is 2.25. The van der Waals surface area contributed by atoms with Crippen LogP contribution in [0.4, 0.5) is 17.5 Å². The van der Waals surface area contributed by atoms with Gasteiger partial charge in [-0.2, -0.15) is 4.98 Å². The zero-order valence-corrected chi connectivity index (χ0v) is 15.9. The molecule has 3 rings (SSSR count). The van der Waals surface area contributed by atoms with Crippen molar-refractivity contribution in [1.29, 1.82) is 0 Å². The molecule has 1 heterocycles. The number of benzene rings is 2. The van der Waals surface area contributed by atoms with Crippen LogP contribution in [0.5, 0.6) is 5.75 Å². The van der Waals surface area contributed by atoms with E-state index < -0.39 is 0 Å². The van der Waals surface area contributed by atoms with Crippen molar-refractivity contribution in [1.82, 2.24) is 9.97 Å². The van der Waals surface area contributed by atoms with E-state index in [0.29, 0.717) is 5.95 Å². The third kappa shape index (κ3) is 6.29. The Morgan fingerprint density at radius 3 is 2.48 bits per heavy atom. The molecule has 27 heavy (non-hydrogen) atoms. The molecule has 0 radical (unpaired) electrons. The monoisotopic (exact) mass is 362 g/mol. The predicted octanol–water partition coefficient (Wildman–Crippen LogP) is 5.05. The summed E-state index contributed by atoms with van der Waals surface area (Å²) in [5.41, 5.74) is 2.31.